The zero-order chi connectivity index (χ0) is 22.0. The summed E-state index contributed by atoms with van der Waals surface area (Å²) in [7, 11) is 1.62. The Labute approximate surface area is 190 Å². The number of carbonyl (C=O) groups excluding carboxylic acids is 1. The molecular formula is C23H27N3O3S2. The normalized spacial score (nSPS) is 13.4. The number of methoxy groups -OCH3 is 1. The molecule has 0 saturated carbocycles. The molecule has 0 radical (unpaired) electrons. The minimum Gasteiger partial charge on any atom is -0.383 e. The maximum absolute atomic E-state index is 13.4. The average Bonchev–Trinajstić information content (AvgIpc) is 3.13. The lowest BCUT2D eigenvalue weighted by atomic mass is 9.97. The largest absolute Gasteiger partial charge is 0.383 e. The number of fused-ring (bicyclic) bond motifs is 3. The summed E-state index contributed by atoms with van der Waals surface area (Å²) in [6.45, 7) is 4.86. The summed E-state index contributed by atoms with van der Waals surface area (Å²) in [6, 6.07) is 5.86. The number of anilines is 1. The summed E-state index contributed by atoms with van der Waals surface area (Å²) in [6.07, 6.45) is 4.25. The highest BCUT2D eigenvalue weighted by atomic mass is 32.2. The van der Waals surface area contributed by atoms with E-state index in [9.17, 15) is 9.59 Å². The molecule has 0 aliphatic heterocycles. The van der Waals surface area contributed by atoms with Crippen LogP contribution < -0.4 is 10.9 Å². The van der Waals surface area contributed by atoms with E-state index in [4.69, 9.17) is 9.72 Å². The van der Waals surface area contributed by atoms with E-state index in [1.54, 1.807) is 23.0 Å². The molecule has 0 spiro atoms. The minimum atomic E-state index is -0.114. The lowest BCUT2D eigenvalue weighted by molar-refractivity contribution is -0.113. The van der Waals surface area contributed by atoms with Gasteiger partial charge in [0.2, 0.25) is 5.91 Å². The number of aryl methyl sites for hydroxylation is 3. The number of hydrogen-bond acceptors (Lipinski definition) is 6. The molecule has 1 amide bonds. The summed E-state index contributed by atoms with van der Waals surface area (Å²) in [5.74, 6) is 0.0699. The molecule has 8 heteroatoms. The van der Waals surface area contributed by atoms with Gasteiger partial charge in [-0.25, -0.2) is 4.98 Å². The molecule has 31 heavy (non-hydrogen) atoms. The molecule has 0 saturated heterocycles. The summed E-state index contributed by atoms with van der Waals surface area (Å²) in [4.78, 5) is 32.9. The highest BCUT2D eigenvalue weighted by Crippen LogP contribution is 2.34. The van der Waals surface area contributed by atoms with Crippen LogP contribution in [0.3, 0.4) is 0 Å². The summed E-state index contributed by atoms with van der Waals surface area (Å²) in [5, 5.41) is 4.32. The van der Waals surface area contributed by atoms with Gasteiger partial charge in [0, 0.05) is 17.7 Å². The fourth-order valence-electron chi connectivity index (χ4n) is 3.91. The van der Waals surface area contributed by atoms with Gasteiger partial charge in [-0.1, -0.05) is 23.9 Å². The third kappa shape index (κ3) is 4.56. The van der Waals surface area contributed by atoms with E-state index in [2.05, 4.69) is 5.32 Å². The average molecular weight is 458 g/mol. The maximum atomic E-state index is 13.4. The number of carbonyl (C=O) groups is 1. The maximum Gasteiger partial charge on any atom is 0.263 e. The van der Waals surface area contributed by atoms with E-state index in [1.165, 1.54) is 22.2 Å². The quantitative estimate of drug-likeness (QED) is 0.422. The Bertz CT molecular complexity index is 1180. The Kier molecular flexibility index (Phi) is 6.79. The molecular weight excluding hydrogens is 430 g/mol. The molecule has 1 N–H and O–H groups in total. The molecule has 0 fully saturated rings. The highest BCUT2D eigenvalue weighted by molar-refractivity contribution is 7.99. The smallest absolute Gasteiger partial charge is 0.263 e. The molecule has 2 heterocycles. The second-order valence-electron chi connectivity index (χ2n) is 7.82. The monoisotopic (exact) mass is 457 g/mol. The number of nitrogens with zero attached hydrogens (tertiary/aromatic N) is 2. The number of ether oxygens (including phenoxy) is 1. The molecule has 4 rings (SSSR count). The standard InChI is InChI=1S/C23H27N3O3S2/c1-14-7-6-9-17(15(14)2)24-19(27)13-30-23-25-21-20(22(28)26(23)11-12-29-3)16-8-4-5-10-18(16)31-21/h6-7,9H,4-5,8,10-13H2,1-3H3,(H,24,27). The Balaban J connectivity index is 1.60. The molecule has 1 aliphatic carbocycles. The molecule has 0 bridgehead atoms. The molecule has 0 atom stereocenters. The predicted octanol–water partition coefficient (Wildman–Crippen LogP) is 4.33. The lowest BCUT2D eigenvalue weighted by Gasteiger charge is -2.14. The van der Waals surface area contributed by atoms with Gasteiger partial charge in [0.15, 0.2) is 5.16 Å². The van der Waals surface area contributed by atoms with Gasteiger partial charge >= 0.3 is 0 Å². The van der Waals surface area contributed by atoms with Crippen molar-refractivity contribution in [3.63, 3.8) is 0 Å². The second-order valence-corrected chi connectivity index (χ2v) is 9.85. The number of thiophene rings is 1. The van der Waals surface area contributed by atoms with Crippen LogP contribution >= 0.6 is 23.1 Å². The van der Waals surface area contributed by atoms with E-state index in [-0.39, 0.29) is 17.2 Å². The van der Waals surface area contributed by atoms with Crippen LogP contribution in [0.25, 0.3) is 10.2 Å². The summed E-state index contributed by atoms with van der Waals surface area (Å²) in [5.41, 5.74) is 4.17. The fourth-order valence-corrected chi connectivity index (χ4v) is 6.04. The molecule has 164 valence electrons. The van der Waals surface area contributed by atoms with Crippen LogP contribution in [-0.2, 0) is 28.9 Å². The molecule has 6 nitrogen and oxygen atoms in total. The number of amides is 1. The number of aromatic nitrogens is 2. The van der Waals surface area contributed by atoms with Gasteiger partial charge in [0.1, 0.15) is 4.83 Å². The van der Waals surface area contributed by atoms with Gasteiger partial charge in [-0.15, -0.1) is 11.3 Å². The molecule has 1 aromatic carbocycles. The van der Waals surface area contributed by atoms with Crippen molar-refractivity contribution in [1.29, 1.82) is 0 Å². The Morgan fingerprint density at radius 2 is 2.10 bits per heavy atom. The van der Waals surface area contributed by atoms with E-state index >= 15 is 0 Å². The van der Waals surface area contributed by atoms with Gasteiger partial charge in [-0.2, -0.15) is 0 Å². The van der Waals surface area contributed by atoms with Crippen molar-refractivity contribution in [2.45, 2.75) is 51.2 Å². The predicted molar refractivity (Wildman–Crippen MR) is 128 cm³/mol. The molecule has 2 aromatic heterocycles. The molecule has 1 aliphatic rings. The first kappa shape index (κ1) is 22.0. The van der Waals surface area contributed by atoms with Crippen LogP contribution in [0, 0.1) is 13.8 Å². The van der Waals surface area contributed by atoms with Crippen molar-refractivity contribution in [1.82, 2.24) is 9.55 Å². The zero-order valence-corrected chi connectivity index (χ0v) is 19.8. The van der Waals surface area contributed by atoms with Crippen molar-refractivity contribution in [3.05, 3.63) is 50.1 Å². The Morgan fingerprint density at radius 1 is 1.29 bits per heavy atom. The van der Waals surface area contributed by atoms with Crippen LogP contribution in [0.5, 0.6) is 0 Å². The van der Waals surface area contributed by atoms with E-state index in [0.29, 0.717) is 18.3 Å². The van der Waals surface area contributed by atoms with Crippen LogP contribution in [0.2, 0.25) is 0 Å². The van der Waals surface area contributed by atoms with E-state index in [0.717, 1.165) is 52.7 Å². The molecule has 0 unspecified atom stereocenters. The van der Waals surface area contributed by atoms with Crippen molar-refractivity contribution >= 4 is 44.9 Å². The first-order valence-electron chi connectivity index (χ1n) is 10.5. The summed E-state index contributed by atoms with van der Waals surface area (Å²) < 4.78 is 6.89. The fraction of sp³-hybridized carbons (Fsp3) is 0.435. The number of benzene rings is 1. The van der Waals surface area contributed by atoms with Gasteiger partial charge in [-0.05, 0) is 62.3 Å². The zero-order valence-electron chi connectivity index (χ0n) is 18.1. The van der Waals surface area contributed by atoms with Gasteiger partial charge < -0.3 is 10.1 Å². The minimum absolute atomic E-state index is 0.0149. The SMILES string of the molecule is COCCn1c(SCC(=O)Nc2cccc(C)c2C)nc2sc3c(c2c1=O)CCCC3. The van der Waals surface area contributed by atoms with Crippen LogP contribution in [0.4, 0.5) is 5.69 Å². The number of thioether (sulfide) groups is 1. The highest BCUT2D eigenvalue weighted by Gasteiger charge is 2.22. The summed E-state index contributed by atoms with van der Waals surface area (Å²) >= 11 is 2.93. The topological polar surface area (TPSA) is 73.2 Å². The van der Waals surface area contributed by atoms with Gasteiger partial charge in [0.05, 0.1) is 24.3 Å². The first-order chi connectivity index (χ1) is 15.0. The van der Waals surface area contributed by atoms with Crippen molar-refractivity contribution in [2.75, 3.05) is 24.8 Å². The van der Waals surface area contributed by atoms with Crippen LogP contribution in [0.1, 0.15) is 34.4 Å². The number of nitrogens with one attached hydrogen (secondary N) is 1. The van der Waals surface area contributed by atoms with Crippen LogP contribution in [-0.4, -0.2) is 34.9 Å². The first-order valence-corrected chi connectivity index (χ1v) is 12.3. The number of rotatable bonds is 7. The third-order valence-electron chi connectivity index (χ3n) is 5.77. The van der Waals surface area contributed by atoms with Crippen LogP contribution in [0.15, 0.2) is 28.2 Å². The van der Waals surface area contributed by atoms with E-state index in [1.807, 2.05) is 32.0 Å². The number of hydrogen-bond donors (Lipinski definition) is 1. The van der Waals surface area contributed by atoms with Crippen molar-refractivity contribution in [3.8, 4) is 0 Å². The van der Waals surface area contributed by atoms with E-state index < -0.39 is 0 Å². The van der Waals surface area contributed by atoms with Gasteiger partial charge in [0.25, 0.3) is 5.56 Å². The van der Waals surface area contributed by atoms with Gasteiger partial charge in [-0.3, -0.25) is 14.2 Å². The lowest BCUT2D eigenvalue weighted by Crippen LogP contribution is -2.26. The molecule has 3 aromatic rings. The van der Waals surface area contributed by atoms with Crippen molar-refractivity contribution < 1.29 is 9.53 Å². The Hall–Kier alpha value is -2.16. The third-order valence-corrected chi connectivity index (χ3v) is 7.93. The second kappa shape index (κ2) is 9.54. The Morgan fingerprint density at radius 3 is 2.90 bits per heavy atom. The van der Waals surface area contributed by atoms with Crippen molar-refractivity contribution in [2.24, 2.45) is 0 Å².